The van der Waals surface area contributed by atoms with Gasteiger partial charge in [0.1, 0.15) is 5.75 Å². The summed E-state index contributed by atoms with van der Waals surface area (Å²) >= 11 is 0. The molecule has 0 bridgehead atoms. The molecule has 2 N–H and O–H groups in total. The maximum atomic E-state index is 12.4. The number of methoxy groups -OCH3 is 1. The van der Waals surface area contributed by atoms with Gasteiger partial charge in [0.25, 0.3) is 0 Å². The SMILES string of the molecule is COc1ccc(-c2cc(N3CCCC(NC(=O)Cc4ccccc4)C3)n[nH]2)cc1. The summed E-state index contributed by atoms with van der Waals surface area (Å²) in [4.78, 5) is 14.6. The van der Waals surface area contributed by atoms with Gasteiger partial charge in [-0.25, -0.2) is 0 Å². The Labute approximate surface area is 170 Å². The maximum Gasteiger partial charge on any atom is 0.224 e. The van der Waals surface area contributed by atoms with Crippen molar-refractivity contribution in [3.8, 4) is 17.0 Å². The Morgan fingerprint density at radius 2 is 2.00 bits per heavy atom. The first-order valence-corrected chi connectivity index (χ1v) is 9.99. The van der Waals surface area contributed by atoms with Crippen molar-refractivity contribution in [2.45, 2.75) is 25.3 Å². The Kier molecular flexibility index (Phi) is 5.79. The molecule has 1 aliphatic heterocycles. The molecule has 3 aromatic rings. The van der Waals surface area contributed by atoms with Crippen LogP contribution in [0.2, 0.25) is 0 Å². The molecule has 0 saturated carbocycles. The summed E-state index contributed by atoms with van der Waals surface area (Å²) in [6.45, 7) is 1.71. The highest BCUT2D eigenvalue weighted by Crippen LogP contribution is 2.25. The number of hydrogen-bond acceptors (Lipinski definition) is 4. The number of nitrogens with one attached hydrogen (secondary N) is 2. The average Bonchev–Trinajstić information content (AvgIpc) is 3.25. The number of H-pyrrole nitrogens is 1. The van der Waals surface area contributed by atoms with Crippen LogP contribution in [0, 0.1) is 0 Å². The van der Waals surface area contributed by atoms with E-state index < -0.39 is 0 Å². The quantitative estimate of drug-likeness (QED) is 0.677. The molecule has 29 heavy (non-hydrogen) atoms. The molecular formula is C23H26N4O2. The number of nitrogens with zero attached hydrogens (tertiary/aromatic N) is 2. The second kappa shape index (κ2) is 8.82. The van der Waals surface area contributed by atoms with Gasteiger partial charge in [-0.1, -0.05) is 30.3 Å². The van der Waals surface area contributed by atoms with E-state index in [1.165, 1.54) is 0 Å². The van der Waals surface area contributed by atoms with Gasteiger partial charge in [0.15, 0.2) is 5.82 Å². The van der Waals surface area contributed by atoms with E-state index in [-0.39, 0.29) is 11.9 Å². The third-order valence-corrected chi connectivity index (χ3v) is 5.28. The van der Waals surface area contributed by atoms with Crippen LogP contribution in [-0.2, 0) is 11.2 Å². The van der Waals surface area contributed by atoms with E-state index in [1.54, 1.807) is 7.11 Å². The molecule has 1 aliphatic rings. The van der Waals surface area contributed by atoms with Crippen molar-refractivity contribution < 1.29 is 9.53 Å². The van der Waals surface area contributed by atoms with Gasteiger partial charge in [0, 0.05) is 25.2 Å². The number of ether oxygens (including phenoxy) is 1. The number of benzene rings is 2. The lowest BCUT2D eigenvalue weighted by atomic mass is 10.0. The Hall–Kier alpha value is -3.28. The zero-order valence-corrected chi connectivity index (χ0v) is 16.6. The molecule has 1 unspecified atom stereocenters. The van der Waals surface area contributed by atoms with Crippen LogP contribution in [0.15, 0.2) is 60.7 Å². The van der Waals surface area contributed by atoms with E-state index >= 15 is 0 Å². The molecule has 1 amide bonds. The molecule has 150 valence electrons. The predicted octanol–water partition coefficient (Wildman–Crippen LogP) is 3.41. The zero-order valence-electron chi connectivity index (χ0n) is 16.6. The normalized spacial score (nSPS) is 16.4. The van der Waals surface area contributed by atoms with Crippen LogP contribution in [0.4, 0.5) is 5.82 Å². The van der Waals surface area contributed by atoms with E-state index in [1.807, 2.05) is 54.6 Å². The molecule has 1 saturated heterocycles. The smallest absolute Gasteiger partial charge is 0.224 e. The van der Waals surface area contributed by atoms with Crippen LogP contribution < -0.4 is 15.0 Å². The first-order valence-electron chi connectivity index (χ1n) is 9.99. The van der Waals surface area contributed by atoms with Gasteiger partial charge in [0.05, 0.1) is 19.2 Å². The molecular weight excluding hydrogens is 364 g/mol. The number of aromatic nitrogens is 2. The first-order chi connectivity index (χ1) is 14.2. The fourth-order valence-corrected chi connectivity index (χ4v) is 3.75. The van der Waals surface area contributed by atoms with Gasteiger partial charge in [-0.15, -0.1) is 0 Å². The average molecular weight is 390 g/mol. The van der Waals surface area contributed by atoms with Crippen LogP contribution in [0.3, 0.4) is 0 Å². The minimum atomic E-state index is 0.0731. The third kappa shape index (κ3) is 4.77. The lowest BCUT2D eigenvalue weighted by Gasteiger charge is -2.33. The molecule has 1 aromatic heterocycles. The summed E-state index contributed by atoms with van der Waals surface area (Å²) in [7, 11) is 1.66. The van der Waals surface area contributed by atoms with Crippen molar-refractivity contribution in [1.29, 1.82) is 0 Å². The van der Waals surface area contributed by atoms with E-state index in [2.05, 4.69) is 26.5 Å². The Morgan fingerprint density at radius 3 is 2.76 bits per heavy atom. The lowest BCUT2D eigenvalue weighted by molar-refractivity contribution is -0.121. The fraction of sp³-hybridized carbons (Fsp3) is 0.304. The third-order valence-electron chi connectivity index (χ3n) is 5.28. The van der Waals surface area contributed by atoms with Crippen molar-refractivity contribution >= 4 is 11.7 Å². The molecule has 0 aliphatic carbocycles. The number of aromatic amines is 1. The van der Waals surface area contributed by atoms with Gasteiger partial charge in [-0.2, -0.15) is 5.10 Å². The predicted molar refractivity (Wildman–Crippen MR) is 114 cm³/mol. The number of rotatable bonds is 6. The van der Waals surface area contributed by atoms with Crippen LogP contribution >= 0.6 is 0 Å². The van der Waals surface area contributed by atoms with Crippen LogP contribution in [0.25, 0.3) is 11.3 Å². The molecule has 4 rings (SSSR count). The molecule has 2 aromatic carbocycles. The minimum Gasteiger partial charge on any atom is -0.497 e. The zero-order chi connectivity index (χ0) is 20.1. The molecule has 1 fully saturated rings. The summed E-state index contributed by atoms with van der Waals surface area (Å²) in [5, 5.41) is 10.8. The van der Waals surface area contributed by atoms with Crippen LogP contribution in [0.1, 0.15) is 18.4 Å². The molecule has 1 atom stereocenters. The molecule has 0 radical (unpaired) electrons. The summed E-state index contributed by atoms with van der Waals surface area (Å²) in [5.41, 5.74) is 3.07. The van der Waals surface area contributed by atoms with Crippen molar-refractivity contribution in [2.24, 2.45) is 0 Å². The number of anilines is 1. The summed E-state index contributed by atoms with van der Waals surface area (Å²) in [6, 6.07) is 20.0. The molecule has 6 nitrogen and oxygen atoms in total. The van der Waals surface area contributed by atoms with Crippen LogP contribution in [-0.4, -0.2) is 42.3 Å². The number of amides is 1. The number of carbonyl (C=O) groups excluding carboxylic acids is 1. The minimum absolute atomic E-state index is 0.0731. The van der Waals surface area contributed by atoms with E-state index in [0.717, 1.165) is 54.3 Å². The van der Waals surface area contributed by atoms with Gasteiger partial charge in [0.2, 0.25) is 5.91 Å². The van der Waals surface area contributed by atoms with Gasteiger partial charge in [-0.05, 0) is 48.2 Å². The Balaban J connectivity index is 1.37. The van der Waals surface area contributed by atoms with E-state index in [0.29, 0.717) is 6.42 Å². The molecule has 2 heterocycles. The fourth-order valence-electron chi connectivity index (χ4n) is 3.75. The van der Waals surface area contributed by atoms with Gasteiger partial charge in [-0.3, -0.25) is 9.89 Å². The monoisotopic (exact) mass is 390 g/mol. The topological polar surface area (TPSA) is 70.2 Å². The van der Waals surface area contributed by atoms with E-state index in [4.69, 9.17) is 4.74 Å². The summed E-state index contributed by atoms with van der Waals surface area (Å²) in [6.07, 6.45) is 2.44. The van der Waals surface area contributed by atoms with Crippen LogP contribution in [0.5, 0.6) is 5.75 Å². The largest absolute Gasteiger partial charge is 0.497 e. The van der Waals surface area contributed by atoms with E-state index in [9.17, 15) is 4.79 Å². The first kappa shape index (κ1) is 19.1. The summed E-state index contributed by atoms with van der Waals surface area (Å²) < 4.78 is 5.22. The van der Waals surface area contributed by atoms with Gasteiger partial charge < -0.3 is 15.0 Å². The molecule has 0 spiro atoms. The number of hydrogen-bond donors (Lipinski definition) is 2. The number of carbonyl (C=O) groups is 1. The van der Waals surface area contributed by atoms with Crippen molar-refractivity contribution in [3.05, 3.63) is 66.2 Å². The second-order valence-corrected chi connectivity index (χ2v) is 7.38. The maximum absolute atomic E-state index is 12.4. The Bertz CT molecular complexity index is 937. The Morgan fingerprint density at radius 1 is 1.21 bits per heavy atom. The van der Waals surface area contributed by atoms with Gasteiger partial charge >= 0.3 is 0 Å². The highest BCUT2D eigenvalue weighted by Gasteiger charge is 2.23. The van der Waals surface area contributed by atoms with Crippen molar-refractivity contribution in [2.75, 3.05) is 25.1 Å². The summed E-state index contributed by atoms with van der Waals surface area (Å²) in [5.74, 6) is 1.82. The standard InChI is InChI=1S/C23H26N4O2/c1-29-20-11-9-18(10-12-20)21-15-22(26-25-21)27-13-5-8-19(16-27)24-23(28)14-17-6-3-2-4-7-17/h2-4,6-7,9-12,15,19H,5,8,13-14,16H2,1H3,(H,24,28)(H,25,26). The van der Waals surface area contributed by atoms with Crippen molar-refractivity contribution in [3.63, 3.8) is 0 Å². The highest BCUT2D eigenvalue weighted by atomic mass is 16.5. The molecule has 6 heteroatoms. The van der Waals surface area contributed by atoms with Crippen molar-refractivity contribution in [1.82, 2.24) is 15.5 Å². The second-order valence-electron chi connectivity index (χ2n) is 7.38. The lowest BCUT2D eigenvalue weighted by Crippen LogP contribution is -2.48. The number of piperidine rings is 1. The highest BCUT2D eigenvalue weighted by molar-refractivity contribution is 5.79.